The number of likely N-dealkylation sites (N-methyl/N-ethyl adjacent to an activating group) is 1. The van der Waals surface area contributed by atoms with E-state index in [2.05, 4.69) is 43.2 Å². The molecule has 1 heterocycles. The van der Waals surface area contributed by atoms with Gasteiger partial charge in [-0.05, 0) is 57.8 Å². The molecular weight excluding hydrogens is 234 g/mol. The van der Waals surface area contributed by atoms with E-state index in [1.54, 1.807) is 0 Å². The number of nitrogens with two attached hydrogens (primary N) is 1. The Hall–Kier alpha value is -0.800. The third kappa shape index (κ3) is 2.87. The van der Waals surface area contributed by atoms with Crippen molar-refractivity contribution in [1.29, 1.82) is 0 Å². The Kier molecular flexibility index (Phi) is 4.69. The maximum Gasteiger partial charge on any atom is 0.0434 e. The van der Waals surface area contributed by atoms with Gasteiger partial charge in [-0.1, -0.05) is 13.8 Å². The lowest BCUT2D eigenvalue weighted by Gasteiger charge is -2.28. The van der Waals surface area contributed by atoms with Gasteiger partial charge in [0.25, 0.3) is 0 Å². The van der Waals surface area contributed by atoms with E-state index in [-0.39, 0.29) is 6.04 Å². The van der Waals surface area contributed by atoms with Gasteiger partial charge in [-0.2, -0.15) is 0 Å². The highest BCUT2D eigenvalue weighted by Gasteiger charge is 2.24. The molecule has 2 rings (SSSR count). The minimum Gasteiger partial charge on any atom is -0.345 e. The Morgan fingerprint density at radius 3 is 2.74 bits per heavy atom. The summed E-state index contributed by atoms with van der Waals surface area (Å²) in [4.78, 5) is 2.50. The molecule has 108 valence electrons. The molecule has 19 heavy (non-hydrogen) atoms. The van der Waals surface area contributed by atoms with E-state index in [0.29, 0.717) is 6.04 Å². The molecule has 0 spiro atoms. The molecule has 0 amide bonds. The summed E-state index contributed by atoms with van der Waals surface area (Å²) in [6, 6.07) is 3.11. The molecule has 3 nitrogen and oxygen atoms in total. The van der Waals surface area contributed by atoms with E-state index < -0.39 is 0 Å². The van der Waals surface area contributed by atoms with E-state index in [9.17, 15) is 0 Å². The minimum atomic E-state index is 0.254. The average molecular weight is 263 g/mol. The van der Waals surface area contributed by atoms with E-state index in [1.807, 2.05) is 0 Å². The van der Waals surface area contributed by atoms with Crippen molar-refractivity contribution in [3.63, 3.8) is 0 Å². The molecule has 2 atom stereocenters. The first-order valence-electron chi connectivity index (χ1n) is 7.77. The van der Waals surface area contributed by atoms with Crippen molar-refractivity contribution in [3.05, 3.63) is 23.0 Å². The third-order valence-electron chi connectivity index (χ3n) is 4.55. The molecule has 0 radical (unpaired) electrons. The monoisotopic (exact) mass is 263 g/mol. The van der Waals surface area contributed by atoms with Crippen LogP contribution in [0.2, 0.25) is 0 Å². The molecule has 1 aliphatic carbocycles. The molecule has 0 saturated carbocycles. The van der Waals surface area contributed by atoms with Gasteiger partial charge < -0.3 is 15.2 Å². The fourth-order valence-corrected chi connectivity index (χ4v) is 3.51. The van der Waals surface area contributed by atoms with Crippen LogP contribution in [0.3, 0.4) is 0 Å². The minimum absolute atomic E-state index is 0.254. The molecule has 1 aromatic rings. The smallest absolute Gasteiger partial charge is 0.0434 e. The van der Waals surface area contributed by atoms with Crippen LogP contribution in [0.25, 0.3) is 0 Å². The highest BCUT2D eigenvalue weighted by molar-refractivity contribution is 5.33. The van der Waals surface area contributed by atoms with Crippen molar-refractivity contribution in [3.8, 4) is 0 Å². The number of aryl methyl sites for hydroxylation is 1. The normalized spacial score (nSPS) is 20.6. The van der Waals surface area contributed by atoms with E-state index in [4.69, 9.17) is 5.73 Å². The van der Waals surface area contributed by atoms with Crippen LogP contribution in [-0.2, 0) is 6.42 Å². The fourth-order valence-electron chi connectivity index (χ4n) is 3.51. The molecule has 0 bridgehead atoms. The molecule has 0 aliphatic heterocycles. The fraction of sp³-hybridized carbons (Fsp3) is 0.750. The summed E-state index contributed by atoms with van der Waals surface area (Å²) in [7, 11) is 0. The van der Waals surface area contributed by atoms with Gasteiger partial charge in [0.1, 0.15) is 0 Å². The standard InChI is InChI=1S/C16H29N3/c1-5-18(6-2)11-13(4)19-12(3)10-14-15(17)8-7-9-16(14)19/h10,13,15H,5-9,11,17H2,1-4H3. The Morgan fingerprint density at radius 2 is 2.11 bits per heavy atom. The number of rotatable bonds is 5. The van der Waals surface area contributed by atoms with Crippen LogP contribution in [0.4, 0.5) is 0 Å². The van der Waals surface area contributed by atoms with Gasteiger partial charge in [0, 0.05) is 30.0 Å². The maximum atomic E-state index is 6.26. The lowest BCUT2D eigenvalue weighted by Crippen LogP contribution is -2.31. The SMILES string of the molecule is CCN(CC)CC(C)n1c(C)cc2c1CCCC2N. The maximum absolute atomic E-state index is 6.26. The summed E-state index contributed by atoms with van der Waals surface area (Å²) in [5.41, 5.74) is 10.5. The van der Waals surface area contributed by atoms with Crippen LogP contribution in [0.15, 0.2) is 6.07 Å². The van der Waals surface area contributed by atoms with Gasteiger partial charge in [0.2, 0.25) is 0 Å². The van der Waals surface area contributed by atoms with Crippen LogP contribution in [0.1, 0.15) is 62.6 Å². The zero-order valence-corrected chi connectivity index (χ0v) is 12.9. The van der Waals surface area contributed by atoms with Gasteiger partial charge in [-0.3, -0.25) is 0 Å². The van der Waals surface area contributed by atoms with Crippen LogP contribution in [0, 0.1) is 6.92 Å². The molecule has 1 aliphatic rings. The summed E-state index contributed by atoms with van der Waals surface area (Å²) in [6.07, 6.45) is 3.57. The third-order valence-corrected chi connectivity index (χ3v) is 4.55. The van der Waals surface area contributed by atoms with Crippen molar-refractivity contribution in [2.24, 2.45) is 5.73 Å². The summed E-state index contributed by atoms with van der Waals surface area (Å²) in [5.74, 6) is 0. The van der Waals surface area contributed by atoms with Crippen molar-refractivity contribution >= 4 is 0 Å². The second kappa shape index (κ2) is 6.10. The van der Waals surface area contributed by atoms with Crippen LogP contribution in [0.5, 0.6) is 0 Å². The molecule has 2 N–H and O–H groups in total. The predicted molar refractivity (Wildman–Crippen MR) is 81.5 cm³/mol. The first kappa shape index (κ1) is 14.6. The van der Waals surface area contributed by atoms with Gasteiger partial charge in [-0.25, -0.2) is 0 Å². The van der Waals surface area contributed by atoms with Gasteiger partial charge in [-0.15, -0.1) is 0 Å². The largest absolute Gasteiger partial charge is 0.345 e. The van der Waals surface area contributed by atoms with Crippen molar-refractivity contribution in [2.75, 3.05) is 19.6 Å². The summed E-state index contributed by atoms with van der Waals surface area (Å²) >= 11 is 0. The second-order valence-electron chi connectivity index (χ2n) is 5.89. The molecule has 0 aromatic carbocycles. The second-order valence-corrected chi connectivity index (χ2v) is 5.89. The number of aromatic nitrogens is 1. The average Bonchev–Trinajstić information content (AvgIpc) is 2.73. The summed E-state index contributed by atoms with van der Waals surface area (Å²) in [6.45, 7) is 12.4. The van der Waals surface area contributed by atoms with Gasteiger partial charge in [0.15, 0.2) is 0 Å². The van der Waals surface area contributed by atoms with E-state index in [0.717, 1.165) is 26.1 Å². The number of fused-ring (bicyclic) bond motifs is 1. The Balaban J connectivity index is 2.24. The number of hydrogen-bond donors (Lipinski definition) is 1. The summed E-state index contributed by atoms with van der Waals surface area (Å²) in [5, 5.41) is 0. The van der Waals surface area contributed by atoms with E-state index in [1.165, 1.54) is 29.8 Å². The predicted octanol–water partition coefficient (Wildman–Crippen LogP) is 3.04. The topological polar surface area (TPSA) is 34.2 Å². The molecule has 2 unspecified atom stereocenters. The number of nitrogens with zero attached hydrogens (tertiary/aromatic N) is 2. The van der Waals surface area contributed by atoms with Crippen molar-refractivity contribution in [1.82, 2.24) is 9.47 Å². The van der Waals surface area contributed by atoms with Crippen LogP contribution >= 0.6 is 0 Å². The van der Waals surface area contributed by atoms with Crippen molar-refractivity contribution < 1.29 is 0 Å². The molecule has 1 aromatic heterocycles. The lowest BCUT2D eigenvalue weighted by molar-refractivity contribution is 0.257. The number of hydrogen-bond acceptors (Lipinski definition) is 2. The molecule has 3 heteroatoms. The molecule has 0 fully saturated rings. The first-order valence-corrected chi connectivity index (χ1v) is 7.77. The quantitative estimate of drug-likeness (QED) is 0.886. The Bertz CT molecular complexity index is 418. The zero-order chi connectivity index (χ0) is 14.0. The zero-order valence-electron chi connectivity index (χ0n) is 12.9. The van der Waals surface area contributed by atoms with Crippen LogP contribution < -0.4 is 5.73 Å². The summed E-state index contributed by atoms with van der Waals surface area (Å²) < 4.78 is 2.53. The van der Waals surface area contributed by atoms with Gasteiger partial charge >= 0.3 is 0 Å². The van der Waals surface area contributed by atoms with E-state index >= 15 is 0 Å². The highest BCUT2D eigenvalue weighted by atomic mass is 15.2. The Morgan fingerprint density at radius 1 is 1.42 bits per heavy atom. The van der Waals surface area contributed by atoms with Gasteiger partial charge in [0.05, 0.1) is 0 Å². The lowest BCUT2D eigenvalue weighted by atomic mass is 9.93. The molecule has 0 saturated heterocycles. The highest BCUT2D eigenvalue weighted by Crippen LogP contribution is 2.32. The first-order chi connectivity index (χ1) is 9.08. The Labute approximate surface area is 117 Å². The molecular formula is C16H29N3. The van der Waals surface area contributed by atoms with Crippen LogP contribution in [-0.4, -0.2) is 29.1 Å². The van der Waals surface area contributed by atoms with Crippen molar-refractivity contribution in [2.45, 2.75) is 59.0 Å².